The Hall–Kier alpha value is -3.62. The molecule has 0 saturated heterocycles. The van der Waals surface area contributed by atoms with Crippen molar-refractivity contribution in [3.05, 3.63) is 136 Å². The monoisotopic (exact) mass is 556 g/mol. The average molecular weight is 557 g/mol. The molecule has 0 heterocycles. The largest absolute Gasteiger partial charge is 0.338 e. The molecule has 0 amide bonds. The van der Waals surface area contributed by atoms with Gasteiger partial charge in [-0.2, -0.15) is 0 Å². The van der Waals surface area contributed by atoms with E-state index in [1.807, 2.05) is 0 Å². The van der Waals surface area contributed by atoms with Crippen molar-refractivity contribution in [3.63, 3.8) is 0 Å². The highest BCUT2D eigenvalue weighted by Crippen LogP contribution is 2.36. The van der Waals surface area contributed by atoms with Gasteiger partial charge in [0.1, 0.15) is 0 Å². The van der Waals surface area contributed by atoms with Crippen LogP contribution in [0.2, 0.25) is 0 Å². The number of nitrogens with two attached hydrogens (primary N) is 1. The third-order valence-electron chi connectivity index (χ3n) is 8.91. The molecule has 0 aliphatic heterocycles. The molecule has 0 spiro atoms. The summed E-state index contributed by atoms with van der Waals surface area (Å²) in [5, 5.41) is 0. The predicted octanol–water partition coefficient (Wildman–Crippen LogP) is 10.1. The number of rotatable bonds is 10. The Kier molecular flexibility index (Phi) is 9.65. The molecule has 0 radical (unpaired) electrons. The van der Waals surface area contributed by atoms with Crippen molar-refractivity contribution in [2.75, 3.05) is 4.90 Å². The lowest BCUT2D eigenvalue weighted by Crippen LogP contribution is -2.34. The zero-order valence-corrected chi connectivity index (χ0v) is 26.2. The van der Waals surface area contributed by atoms with Crippen LogP contribution in [0.25, 0.3) is 11.1 Å². The first kappa shape index (κ1) is 29.9. The van der Waals surface area contributed by atoms with Crippen LogP contribution < -0.4 is 10.6 Å². The Morgan fingerprint density at radius 1 is 0.881 bits per heavy atom. The van der Waals surface area contributed by atoms with Crippen LogP contribution in [-0.4, -0.2) is 6.04 Å². The lowest BCUT2D eigenvalue weighted by atomic mass is 9.91. The van der Waals surface area contributed by atoms with E-state index in [-0.39, 0.29) is 12.1 Å². The van der Waals surface area contributed by atoms with Crippen LogP contribution in [0.3, 0.4) is 0 Å². The lowest BCUT2D eigenvalue weighted by Gasteiger charge is -2.36. The van der Waals surface area contributed by atoms with Gasteiger partial charge in [-0.1, -0.05) is 107 Å². The molecule has 2 heteroatoms. The van der Waals surface area contributed by atoms with Crippen LogP contribution in [0.15, 0.2) is 103 Å². The van der Waals surface area contributed by atoms with Gasteiger partial charge in [0.15, 0.2) is 0 Å². The summed E-state index contributed by atoms with van der Waals surface area (Å²) in [6.45, 7) is 11.2. The summed E-state index contributed by atoms with van der Waals surface area (Å²) in [5.41, 5.74) is 19.7. The highest BCUT2D eigenvalue weighted by Gasteiger charge is 2.24. The van der Waals surface area contributed by atoms with E-state index in [0.29, 0.717) is 5.92 Å². The van der Waals surface area contributed by atoms with Gasteiger partial charge in [0, 0.05) is 17.4 Å². The molecule has 3 aromatic rings. The maximum absolute atomic E-state index is 6.25. The molecular formula is C40H48N2. The van der Waals surface area contributed by atoms with Gasteiger partial charge < -0.3 is 10.6 Å². The van der Waals surface area contributed by atoms with E-state index in [9.17, 15) is 0 Å². The molecule has 0 fully saturated rings. The second-order valence-electron chi connectivity index (χ2n) is 12.4. The van der Waals surface area contributed by atoms with Gasteiger partial charge in [-0.15, -0.1) is 0 Å². The molecule has 0 saturated carbocycles. The van der Waals surface area contributed by atoms with Crippen LogP contribution in [0.4, 0.5) is 5.69 Å². The van der Waals surface area contributed by atoms with E-state index in [1.165, 1.54) is 55.9 Å². The standard InChI is InChI=1S/C40H48N2/c1-6-31-16-25-39(27-29(31)5)42(37-21-17-34(18-22-37)32-10-8-30(9-11-32)26-28(3)4)38-23-19-35(20-24-38)33-12-14-36(15-13-33)40(41)7-2/h8-17,19-21,23,25,27-28,38,40H,6-7,18,22,24,26,41H2,1-5H3. The van der Waals surface area contributed by atoms with E-state index in [0.717, 1.165) is 38.5 Å². The van der Waals surface area contributed by atoms with Gasteiger partial charge in [0.05, 0.1) is 6.04 Å². The molecule has 2 atom stereocenters. The number of benzene rings is 3. The first-order chi connectivity index (χ1) is 20.4. The van der Waals surface area contributed by atoms with E-state index in [2.05, 4.69) is 137 Å². The van der Waals surface area contributed by atoms with E-state index >= 15 is 0 Å². The average Bonchev–Trinajstić information content (AvgIpc) is 3.02. The van der Waals surface area contributed by atoms with E-state index in [1.54, 1.807) is 0 Å². The Balaban J connectivity index is 1.40. The topological polar surface area (TPSA) is 29.3 Å². The van der Waals surface area contributed by atoms with Crippen LogP contribution in [0, 0.1) is 12.8 Å². The third kappa shape index (κ3) is 6.88. The Labute approximate surface area is 254 Å². The second-order valence-corrected chi connectivity index (χ2v) is 12.4. The Morgan fingerprint density at radius 2 is 1.62 bits per heavy atom. The maximum atomic E-state index is 6.25. The minimum Gasteiger partial charge on any atom is -0.338 e. The minimum absolute atomic E-state index is 0.109. The van der Waals surface area contributed by atoms with Crippen molar-refractivity contribution in [1.82, 2.24) is 0 Å². The summed E-state index contributed by atoms with van der Waals surface area (Å²) in [4.78, 5) is 2.58. The van der Waals surface area contributed by atoms with Gasteiger partial charge in [-0.3, -0.25) is 0 Å². The summed E-state index contributed by atoms with van der Waals surface area (Å²) >= 11 is 0. The van der Waals surface area contributed by atoms with Gasteiger partial charge in [-0.25, -0.2) is 0 Å². The maximum Gasteiger partial charge on any atom is 0.0557 e. The summed E-state index contributed by atoms with van der Waals surface area (Å²) < 4.78 is 0. The van der Waals surface area contributed by atoms with Crippen LogP contribution in [-0.2, 0) is 12.8 Å². The minimum atomic E-state index is 0.109. The zero-order valence-electron chi connectivity index (χ0n) is 26.2. The highest BCUT2D eigenvalue weighted by molar-refractivity contribution is 5.76. The molecule has 2 aliphatic carbocycles. The quantitative estimate of drug-likeness (QED) is 0.269. The summed E-state index contributed by atoms with van der Waals surface area (Å²) in [6, 6.07) is 25.5. The summed E-state index contributed by atoms with van der Waals surface area (Å²) in [5.74, 6) is 0.682. The van der Waals surface area contributed by atoms with Crippen LogP contribution >= 0.6 is 0 Å². The van der Waals surface area contributed by atoms with Crippen molar-refractivity contribution in [1.29, 1.82) is 0 Å². The smallest absolute Gasteiger partial charge is 0.0557 e. The number of aryl methyl sites for hydroxylation is 2. The second kappa shape index (κ2) is 13.6. The first-order valence-corrected chi connectivity index (χ1v) is 16.0. The molecule has 3 aromatic carbocycles. The SMILES string of the molecule is CCc1ccc(N(C2=CC=C(c3ccc(CC(C)C)cc3)CC2)C2C=CC(c3ccc(C(N)CC)cc3)=CC2)cc1C. The van der Waals surface area contributed by atoms with Crippen molar-refractivity contribution >= 4 is 16.8 Å². The van der Waals surface area contributed by atoms with Gasteiger partial charge in [0.2, 0.25) is 0 Å². The van der Waals surface area contributed by atoms with Crippen LogP contribution in [0.5, 0.6) is 0 Å². The predicted molar refractivity (Wildman–Crippen MR) is 182 cm³/mol. The van der Waals surface area contributed by atoms with Gasteiger partial charge in [0.25, 0.3) is 0 Å². The summed E-state index contributed by atoms with van der Waals surface area (Å²) in [6.07, 6.45) is 18.1. The van der Waals surface area contributed by atoms with Crippen molar-refractivity contribution in [3.8, 4) is 0 Å². The number of hydrogen-bond acceptors (Lipinski definition) is 2. The molecule has 42 heavy (non-hydrogen) atoms. The van der Waals surface area contributed by atoms with Crippen molar-refractivity contribution in [2.24, 2.45) is 11.7 Å². The van der Waals surface area contributed by atoms with E-state index < -0.39 is 0 Å². The molecule has 2 aliphatic rings. The molecule has 5 rings (SSSR count). The zero-order chi connectivity index (χ0) is 29.6. The molecule has 2 nitrogen and oxygen atoms in total. The van der Waals surface area contributed by atoms with Gasteiger partial charge in [-0.05, 0) is 114 Å². The fourth-order valence-electron chi connectivity index (χ4n) is 6.36. The van der Waals surface area contributed by atoms with Gasteiger partial charge >= 0.3 is 0 Å². The fraction of sp³-hybridized carbons (Fsp3) is 0.350. The van der Waals surface area contributed by atoms with E-state index in [4.69, 9.17) is 5.73 Å². The molecular weight excluding hydrogens is 508 g/mol. The van der Waals surface area contributed by atoms with Crippen molar-refractivity contribution in [2.45, 2.75) is 85.2 Å². The Morgan fingerprint density at radius 3 is 2.19 bits per heavy atom. The molecule has 2 N–H and O–H groups in total. The van der Waals surface area contributed by atoms with Crippen molar-refractivity contribution < 1.29 is 0 Å². The number of nitrogens with zero attached hydrogens (tertiary/aromatic N) is 1. The lowest BCUT2D eigenvalue weighted by molar-refractivity contribution is 0.647. The molecule has 2 unspecified atom stereocenters. The van der Waals surface area contributed by atoms with Crippen LogP contribution in [0.1, 0.15) is 92.8 Å². The fourth-order valence-corrected chi connectivity index (χ4v) is 6.36. The number of allylic oxidation sites excluding steroid dienone is 6. The molecule has 0 aromatic heterocycles. The number of hydrogen-bond donors (Lipinski definition) is 1. The Bertz CT molecular complexity index is 1480. The summed E-state index contributed by atoms with van der Waals surface area (Å²) in [7, 11) is 0. The molecule has 0 bridgehead atoms. The normalized spacial score (nSPS) is 17.5. The number of anilines is 1. The molecule has 218 valence electrons. The highest BCUT2D eigenvalue weighted by atomic mass is 15.2. The first-order valence-electron chi connectivity index (χ1n) is 16.0. The third-order valence-corrected chi connectivity index (χ3v) is 8.91.